The summed E-state index contributed by atoms with van der Waals surface area (Å²) in [4.78, 5) is 11.9. The van der Waals surface area contributed by atoms with Crippen LogP contribution in [0, 0.1) is 17.8 Å². The number of aliphatic hydroxyl groups excluding tert-OH is 2. The Balaban J connectivity index is 1.76. The van der Waals surface area contributed by atoms with E-state index in [0.717, 1.165) is 24.8 Å². The zero-order valence-corrected chi connectivity index (χ0v) is 21.7. The normalized spacial score (nSPS) is 25.9. The van der Waals surface area contributed by atoms with Crippen LogP contribution in [0.4, 0.5) is 0 Å². The third-order valence-corrected chi connectivity index (χ3v) is 9.71. The molecule has 1 aromatic carbocycles. The van der Waals surface area contributed by atoms with Gasteiger partial charge in [0.05, 0.1) is 29.5 Å². The monoisotopic (exact) mass is 504 g/mol. The molecule has 0 spiro atoms. The SMILES string of the molecule is CCCCC[C@H](O)/C=C/[C@H]1[C@H]2CC(C(CCCC(=O)OC)S(=O)(=O)c3ccccc3)=C[C@H]2C[C@H]1O. The topological polar surface area (TPSA) is 101 Å². The molecule has 6 nitrogen and oxygen atoms in total. The Kier molecular flexibility index (Phi) is 10.1. The van der Waals surface area contributed by atoms with Crippen LogP contribution in [0.15, 0.2) is 59.0 Å². The van der Waals surface area contributed by atoms with E-state index in [0.29, 0.717) is 32.1 Å². The van der Waals surface area contributed by atoms with Gasteiger partial charge in [-0.3, -0.25) is 4.79 Å². The zero-order chi connectivity index (χ0) is 25.4. The van der Waals surface area contributed by atoms with Crippen molar-refractivity contribution in [3.63, 3.8) is 0 Å². The average Bonchev–Trinajstić information content (AvgIpc) is 3.37. The fourth-order valence-electron chi connectivity index (χ4n) is 5.59. The number of allylic oxidation sites excluding steroid dienone is 1. The third kappa shape index (κ3) is 7.05. The molecule has 0 radical (unpaired) electrons. The van der Waals surface area contributed by atoms with Crippen molar-refractivity contribution in [2.45, 2.75) is 87.1 Å². The molecule has 0 amide bonds. The predicted molar refractivity (Wildman–Crippen MR) is 136 cm³/mol. The zero-order valence-electron chi connectivity index (χ0n) is 20.9. The molecule has 1 saturated carbocycles. The van der Waals surface area contributed by atoms with E-state index >= 15 is 0 Å². The van der Waals surface area contributed by atoms with E-state index < -0.39 is 27.3 Å². The van der Waals surface area contributed by atoms with Gasteiger partial charge < -0.3 is 14.9 Å². The molecule has 0 aromatic heterocycles. The lowest BCUT2D eigenvalue weighted by molar-refractivity contribution is -0.140. The summed E-state index contributed by atoms with van der Waals surface area (Å²) >= 11 is 0. The molecule has 0 saturated heterocycles. The largest absolute Gasteiger partial charge is 0.469 e. The second-order valence-electron chi connectivity index (χ2n) is 9.92. The van der Waals surface area contributed by atoms with E-state index in [4.69, 9.17) is 4.74 Å². The quantitative estimate of drug-likeness (QED) is 0.231. The number of fused-ring (bicyclic) bond motifs is 1. The van der Waals surface area contributed by atoms with E-state index in [9.17, 15) is 23.4 Å². The number of aliphatic hydroxyl groups is 2. The Hall–Kier alpha value is -1.96. The average molecular weight is 505 g/mol. The number of carbonyl (C=O) groups excluding carboxylic acids is 1. The first-order valence-electron chi connectivity index (χ1n) is 12.9. The van der Waals surface area contributed by atoms with Gasteiger partial charge in [-0.2, -0.15) is 0 Å². The van der Waals surface area contributed by atoms with Crippen molar-refractivity contribution >= 4 is 15.8 Å². The van der Waals surface area contributed by atoms with Gasteiger partial charge in [0.2, 0.25) is 0 Å². The highest BCUT2D eigenvalue weighted by molar-refractivity contribution is 7.92. The number of esters is 1. The summed E-state index contributed by atoms with van der Waals surface area (Å²) < 4.78 is 32.0. The number of rotatable bonds is 13. The molecular weight excluding hydrogens is 464 g/mol. The summed E-state index contributed by atoms with van der Waals surface area (Å²) in [6.45, 7) is 2.13. The number of methoxy groups -OCH3 is 1. The highest BCUT2D eigenvalue weighted by Gasteiger charge is 2.46. The molecule has 0 aliphatic heterocycles. The maximum atomic E-state index is 13.6. The van der Waals surface area contributed by atoms with Crippen molar-refractivity contribution in [3.05, 3.63) is 54.1 Å². The van der Waals surface area contributed by atoms with Crippen LogP contribution in [0.3, 0.4) is 0 Å². The smallest absolute Gasteiger partial charge is 0.305 e. The van der Waals surface area contributed by atoms with Crippen molar-refractivity contribution < 1.29 is 28.2 Å². The molecule has 3 rings (SSSR count). The minimum Gasteiger partial charge on any atom is -0.469 e. The Morgan fingerprint density at radius 2 is 1.91 bits per heavy atom. The summed E-state index contributed by atoms with van der Waals surface area (Å²) in [6, 6.07) is 8.47. The molecule has 7 heteroatoms. The summed E-state index contributed by atoms with van der Waals surface area (Å²) in [5.74, 6) is -0.220. The van der Waals surface area contributed by atoms with Crippen LogP contribution in [0.5, 0.6) is 0 Å². The van der Waals surface area contributed by atoms with Crippen molar-refractivity contribution in [2.24, 2.45) is 17.8 Å². The number of unbranched alkanes of at least 4 members (excludes halogenated alkanes) is 2. The van der Waals surface area contributed by atoms with Crippen LogP contribution < -0.4 is 0 Å². The van der Waals surface area contributed by atoms with E-state index in [-0.39, 0.29) is 35.0 Å². The van der Waals surface area contributed by atoms with E-state index in [2.05, 4.69) is 13.0 Å². The minimum absolute atomic E-state index is 0.107. The summed E-state index contributed by atoms with van der Waals surface area (Å²) in [7, 11) is -2.30. The van der Waals surface area contributed by atoms with Crippen molar-refractivity contribution in [1.82, 2.24) is 0 Å². The number of carbonyl (C=O) groups is 1. The highest BCUT2D eigenvalue weighted by Crippen LogP contribution is 2.49. The van der Waals surface area contributed by atoms with Gasteiger partial charge in [-0.05, 0) is 56.1 Å². The van der Waals surface area contributed by atoms with Gasteiger partial charge >= 0.3 is 5.97 Å². The molecule has 2 N–H and O–H groups in total. The first kappa shape index (κ1) is 27.6. The second-order valence-corrected chi connectivity index (χ2v) is 12.0. The second kappa shape index (κ2) is 12.8. The lowest BCUT2D eigenvalue weighted by Gasteiger charge is -2.23. The maximum Gasteiger partial charge on any atom is 0.305 e. The fraction of sp³-hybridized carbons (Fsp3) is 0.607. The van der Waals surface area contributed by atoms with Crippen molar-refractivity contribution in [1.29, 1.82) is 0 Å². The molecule has 194 valence electrons. The molecule has 1 fully saturated rings. The molecule has 35 heavy (non-hydrogen) atoms. The van der Waals surface area contributed by atoms with Crippen LogP contribution in [0.2, 0.25) is 0 Å². The number of ether oxygens (including phenoxy) is 1. The maximum absolute atomic E-state index is 13.6. The molecule has 6 atom stereocenters. The molecule has 2 aliphatic carbocycles. The van der Waals surface area contributed by atoms with Crippen LogP contribution >= 0.6 is 0 Å². The van der Waals surface area contributed by atoms with Crippen LogP contribution in [-0.4, -0.2) is 49.2 Å². The molecule has 0 heterocycles. The Bertz CT molecular complexity index is 984. The Morgan fingerprint density at radius 3 is 2.60 bits per heavy atom. The van der Waals surface area contributed by atoms with Crippen LogP contribution in [0.1, 0.15) is 64.7 Å². The van der Waals surface area contributed by atoms with Gasteiger partial charge in [-0.1, -0.05) is 68.2 Å². The first-order valence-corrected chi connectivity index (χ1v) is 14.4. The molecule has 1 aromatic rings. The Labute approximate surface area is 210 Å². The van der Waals surface area contributed by atoms with E-state index in [1.807, 2.05) is 6.08 Å². The number of hydrogen-bond acceptors (Lipinski definition) is 6. The lowest BCUT2D eigenvalue weighted by atomic mass is 9.88. The Morgan fingerprint density at radius 1 is 1.17 bits per heavy atom. The molecule has 2 aliphatic rings. The number of hydrogen-bond donors (Lipinski definition) is 2. The highest BCUT2D eigenvalue weighted by atomic mass is 32.2. The van der Waals surface area contributed by atoms with Gasteiger partial charge in [0.15, 0.2) is 9.84 Å². The summed E-state index contributed by atoms with van der Waals surface area (Å²) in [5.41, 5.74) is 0.877. The van der Waals surface area contributed by atoms with Gasteiger partial charge in [0.1, 0.15) is 0 Å². The van der Waals surface area contributed by atoms with E-state index in [1.54, 1.807) is 36.4 Å². The third-order valence-electron chi connectivity index (χ3n) is 7.50. The number of sulfone groups is 1. The summed E-state index contributed by atoms with van der Waals surface area (Å²) in [6.07, 6.45) is 10.8. The number of benzene rings is 1. The van der Waals surface area contributed by atoms with Crippen LogP contribution in [0.25, 0.3) is 0 Å². The molecule has 1 unspecified atom stereocenters. The van der Waals surface area contributed by atoms with Crippen LogP contribution in [-0.2, 0) is 19.4 Å². The lowest BCUT2D eigenvalue weighted by Crippen LogP contribution is -2.25. The van der Waals surface area contributed by atoms with Gasteiger partial charge in [0.25, 0.3) is 0 Å². The van der Waals surface area contributed by atoms with Crippen molar-refractivity contribution in [2.75, 3.05) is 7.11 Å². The van der Waals surface area contributed by atoms with Gasteiger partial charge in [0, 0.05) is 12.3 Å². The van der Waals surface area contributed by atoms with E-state index in [1.165, 1.54) is 7.11 Å². The van der Waals surface area contributed by atoms with Gasteiger partial charge in [-0.25, -0.2) is 8.42 Å². The standard InChI is InChI=1S/C28H40O6S/c1-3-4-6-10-22(29)15-16-24-25-18-21(17-20(25)19-26(24)30)27(13-9-14-28(31)34-2)35(32,33)23-11-7-5-8-12-23/h5,7-8,11-12,15-17,20,22,24-27,29-30H,3-4,6,9-10,13-14,18-19H2,1-2H3/b16-15+/t20-,22-,24-,25-,26+,27?/m0/s1. The fourth-order valence-corrected chi connectivity index (χ4v) is 7.51. The summed E-state index contributed by atoms with van der Waals surface area (Å²) in [5, 5.41) is 20.3. The van der Waals surface area contributed by atoms with Crippen molar-refractivity contribution in [3.8, 4) is 0 Å². The molecule has 0 bridgehead atoms. The van der Waals surface area contributed by atoms with Gasteiger partial charge in [-0.15, -0.1) is 0 Å². The molecular formula is C28H40O6S. The minimum atomic E-state index is -3.63. The first-order chi connectivity index (χ1) is 16.8. The predicted octanol–water partition coefficient (Wildman–Crippen LogP) is 4.61.